The first-order valence-electron chi connectivity index (χ1n) is 6.59. The zero-order valence-corrected chi connectivity index (χ0v) is 11.0. The van der Waals surface area contributed by atoms with Crippen LogP contribution < -0.4 is 5.32 Å². The van der Waals surface area contributed by atoms with E-state index >= 15 is 0 Å². The van der Waals surface area contributed by atoms with Crippen molar-refractivity contribution in [2.24, 2.45) is 17.8 Å². The predicted octanol–water partition coefficient (Wildman–Crippen LogP) is 3.99. The van der Waals surface area contributed by atoms with E-state index in [0.29, 0.717) is 17.8 Å². The van der Waals surface area contributed by atoms with Crippen molar-refractivity contribution in [3.8, 4) is 0 Å². The van der Waals surface area contributed by atoms with E-state index in [1.54, 1.807) is 0 Å². The third-order valence-electron chi connectivity index (χ3n) is 3.84. The molecule has 0 bridgehead atoms. The Labute approximate surface area is 102 Å². The van der Waals surface area contributed by atoms with Crippen LogP contribution in [-0.4, -0.2) is 18.8 Å². The highest BCUT2D eigenvalue weighted by atomic mass is 19.4. The molecule has 3 atom stereocenters. The minimum Gasteiger partial charge on any atom is -0.313 e. The molecule has 17 heavy (non-hydrogen) atoms. The Hall–Kier alpha value is -0.250. The molecule has 1 rings (SSSR count). The molecule has 0 aromatic carbocycles. The third-order valence-corrected chi connectivity index (χ3v) is 3.84. The van der Waals surface area contributed by atoms with E-state index in [1.807, 2.05) is 0 Å². The second-order valence-corrected chi connectivity index (χ2v) is 5.75. The zero-order valence-electron chi connectivity index (χ0n) is 11.0. The maximum absolute atomic E-state index is 12.1. The maximum Gasteiger partial charge on any atom is 0.390 e. The SMILES string of the molecule is CC1CCC(C(C)C)C(NCCC(F)(F)F)C1. The molecule has 1 aliphatic rings. The van der Waals surface area contributed by atoms with Crippen LogP contribution in [0.4, 0.5) is 13.2 Å². The van der Waals surface area contributed by atoms with Gasteiger partial charge >= 0.3 is 6.18 Å². The molecule has 0 aromatic heterocycles. The molecule has 0 amide bonds. The van der Waals surface area contributed by atoms with Gasteiger partial charge in [-0.2, -0.15) is 13.2 Å². The molecule has 1 saturated carbocycles. The second-order valence-electron chi connectivity index (χ2n) is 5.75. The Morgan fingerprint density at radius 2 is 1.88 bits per heavy atom. The maximum atomic E-state index is 12.1. The third kappa shape index (κ3) is 5.28. The quantitative estimate of drug-likeness (QED) is 0.796. The zero-order chi connectivity index (χ0) is 13.1. The summed E-state index contributed by atoms with van der Waals surface area (Å²) in [7, 11) is 0. The van der Waals surface area contributed by atoms with E-state index in [9.17, 15) is 13.2 Å². The van der Waals surface area contributed by atoms with Gasteiger partial charge in [0.05, 0.1) is 6.42 Å². The molecule has 1 nitrogen and oxygen atoms in total. The lowest BCUT2D eigenvalue weighted by Crippen LogP contribution is -2.43. The van der Waals surface area contributed by atoms with Gasteiger partial charge in [0.25, 0.3) is 0 Å². The minimum atomic E-state index is -4.04. The van der Waals surface area contributed by atoms with Crippen LogP contribution in [0.5, 0.6) is 0 Å². The molecule has 1 fully saturated rings. The minimum absolute atomic E-state index is 0.0596. The summed E-state index contributed by atoms with van der Waals surface area (Å²) in [5, 5.41) is 3.12. The van der Waals surface area contributed by atoms with Crippen LogP contribution in [0.1, 0.15) is 46.5 Å². The van der Waals surface area contributed by atoms with E-state index in [1.165, 1.54) is 6.42 Å². The summed E-state index contributed by atoms with van der Waals surface area (Å²) in [6.45, 7) is 6.58. The van der Waals surface area contributed by atoms with Gasteiger partial charge in [-0.15, -0.1) is 0 Å². The second kappa shape index (κ2) is 6.07. The van der Waals surface area contributed by atoms with Crippen molar-refractivity contribution in [2.75, 3.05) is 6.54 Å². The molecule has 0 heterocycles. The average Bonchev–Trinajstić information content (AvgIpc) is 2.15. The average molecular weight is 251 g/mol. The van der Waals surface area contributed by atoms with Gasteiger partial charge in [-0.25, -0.2) is 0 Å². The van der Waals surface area contributed by atoms with E-state index in [-0.39, 0.29) is 12.6 Å². The van der Waals surface area contributed by atoms with Gasteiger partial charge < -0.3 is 5.32 Å². The lowest BCUT2D eigenvalue weighted by molar-refractivity contribution is -0.134. The first-order chi connectivity index (χ1) is 7.79. The van der Waals surface area contributed by atoms with E-state index in [2.05, 4.69) is 26.1 Å². The molecular weight excluding hydrogens is 227 g/mol. The molecule has 102 valence electrons. The largest absolute Gasteiger partial charge is 0.390 e. The summed E-state index contributed by atoms with van der Waals surface area (Å²) in [5.41, 5.74) is 0. The lowest BCUT2D eigenvalue weighted by Gasteiger charge is -2.38. The van der Waals surface area contributed by atoms with Crippen LogP contribution in [0, 0.1) is 17.8 Å². The van der Waals surface area contributed by atoms with Crippen LogP contribution in [-0.2, 0) is 0 Å². The van der Waals surface area contributed by atoms with Crippen LogP contribution in [0.3, 0.4) is 0 Å². The number of rotatable bonds is 4. The summed E-state index contributed by atoms with van der Waals surface area (Å²) >= 11 is 0. The smallest absolute Gasteiger partial charge is 0.313 e. The Morgan fingerprint density at radius 1 is 1.24 bits per heavy atom. The highest BCUT2D eigenvalue weighted by Crippen LogP contribution is 2.33. The van der Waals surface area contributed by atoms with Crippen LogP contribution >= 0.6 is 0 Å². The monoisotopic (exact) mass is 251 g/mol. The van der Waals surface area contributed by atoms with Crippen LogP contribution in [0.15, 0.2) is 0 Å². The molecule has 3 unspecified atom stereocenters. The van der Waals surface area contributed by atoms with Crippen molar-refractivity contribution in [2.45, 2.75) is 58.7 Å². The van der Waals surface area contributed by atoms with Crippen LogP contribution in [0.25, 0.3) is 0 Å². The molecule has 0 saturated heterocycles. The summed E-state index contributed by atoms with van der Waals surface area (Å²) in [6.07, 6.45) is -1.40. The highest BCUT2D eigenvalue weighted by Gasteiger charge is 2.32. The van der Waals surface area contributed by atoms with Crippen molar-refractivity contribution in [1.29, 1.82) is 0 Å². The normalized spacial score (nSPS) is 30.9. The summed E-state index contributed by atoms with van der Waals surface area (Å²) in [6, 6.07) is 0.265. The lowest BCUT2D eigenvalue weighted by atomic mass is 9.74. The summed E-state index contributed by atoms with van der Waals surface area (Å²) < 4.78 is 36.3. The number of hydrogen-bond acceptors (Lipinski definition) is 1. The highest BCUT2D eigenvalue weighted by molar-refractivity contribution is 4.85. The molecular formula is C13H24F3N. The Balaban J connectivity index is 2.41. The van der Waals surface area contributed by atoms with E-state index < -0.39 is 12.6 Å². The summed E-state index contributed by atoms with van der Waals surface area (Å²) in [4.78, 5) is 0. The molecule has 4 heteroatoms. The van der Waals surface area contributed by atoms with Gasteiger partial charge in [-0.1, -0.05) is 27.2 Å². The molecule has 1 N–H and O–H groups in total. The fraction of sp³-hybridized carbons (Fsp3) is 1.00. The molecule has 0 spiro atoms. The fourth-order valence-electron chi connectivity index (χ4n) is 2.84. The van der Waals surface area contributed by atoms with Gasteiger partial charge in [0.1, 0.15) is 0 Å². The van der Waals surface area contributed by atoms with Gasteiger partial charge in [-0.05, 0) is 30.6 Å². The first kappa shape index (κ1) is 14.8. The molecule has 0 radical (unpaired) electrons. The molecule has 1 aliphatic carbocycles. The summed E-state index contributed by atoms with van der Waals surface area (Å²) in [5.74, 6) is 1.71. The Kier molecular flexibility index (Phi) is 5.29. The first-order valence-corrected chi connectivity index (χ1v) is 6.59. The van der Waals surface area contributed by atoms with Gasteiger partial charge in [0.2, 0.25) is 0 Å². The predicted molar refractivity (Wildman–Crippen MR) is 63.8 cm³/mol. The van der Waals surface area contributed by atoms with Gasteiger partial charge in [0, 0.05) is 12.6 Å². The van der Waals surface area contributed by atoms with Crippen molar-refractivity contribution in [3.63, 3.8) is 0 Å². The standard InChI is InChI=1S/C13H24F3N/c1-9(2)11-5-4-10(3)8-12(11)17-7-6-13(14,15)16/h9-12,17H,4-8H2,1-3H3. The van der Waals surface area contributed by atoms with Crippen LogP contribution in [0.2, 0.25) is 0 Å². The topological polar surface area (TPSA) is 12.0 Å². The van der Waals surface area contributed by atoms with Crippen molar-refractivity contribution in [1.82, 2.24) is 5.32 Å². The Bertz CT molecular complexity index is 225. The van der Waals surface area contributed by atoms with Crippen molar-refractivity contribution >= 4 is 0 Å². The van der Waals surface area contributed by atoms with Gasteiger partial charge in [0.15, 0.2) is 0 Å². The number of nitrogens with one attached hydrogen (secondary N) is 1. The number of alkyl halides is 3. The van der Waals surface area contributed by atoms with Crippen molar-refractivity contribution < 1.29 is 13.2 Å². The molecule has 0 aliphatic heterocycles. The van der Waals surface area contributed by atoms with E-state index in [4.69, 9.17) is 0 Å². The Morgan fingerprint density at radius 3 is 2.41 bits per heavy atom. The van der Waals surface area contributed by atoms with E-state index in [0.717, 1.165) is 12.8 Å². The van der Waals surface area contributed by atoms with Gasteiger partial charge in [-0.3, -0.25) is 0 Å². The fourth-order valence-corrected chi connectivity index (χ4v) is 2.84. The van der Waals surface area contributed by atoms with Crippen molar-refractivity contribution in [3.05, 3.63) is 0 Å². The molecule has 0 aromatic rings. The number of hydrogen-bond donors (Lipinski definition) is 1. The number of halogens is 3.